The van der Waals surface area contributed by atoms with Crippen LogP contribution >= 0.6 is 0 Å². The molecule has 4 rings (SSSR count). The zero-order valence-corrected chi connectivity index (χ0v) is 17.1. The molecule has 9 nitrogen and oxygen atoms in total. The van der Waals surface area contributed by atoms with E-state index in [1.165, 1.54) is 0 Å². The van der Waals surface area contributed by atoms with Crippen LogP contribution in [-0.2, 0) is 5.41 Å². The summed E-state index contributed by atoms with van der Waals surface area (Å²) in [5.74, 6) is 3.94. The molecule has 0 bridgehead atoms. The summed E-state index contributed by atoms with van der Waals surface area (Å²) in [6.45, 7) is 9.11. The number of hydrogen-bond donors (Lipinski definition) is 1. The lowest BCUT2D eigenvalue weighted by atomic mass is 9.96. The summed E-state index contributed by atoms with van der Waals surface area (Å²) in [7, 11) is 3.95. The van der Waals surface area contributed by atoms with Crippen LogP contribution in [0.2, 0.25) is 0 Å². The van der Waals surface area contributed by atoms with Crippen molar-refractivity contribution in [3.8, 4) is 0 Å². The van der Waals surface area contributed by atoms with Gasteiger partial charge in [0.25, 0.3) is 0 Å². The van der Waals surface area contributed by atoms with Crippen LogP contribution in [0.5, 0.6) is 0 Å². The lowest BCUT2D eigenvalue weighted by Gasteiger charge is -2.40. The summed E-state index contributed by atoms with van der Waals surface area (Å²) in [4.78, 5) is 13.0. The van der Waals surface area contributed by atoms with Crippen molar-refractivity contribution >= 4 is 23.2 Å². The second-order valence-electron chi connectivity index (χ2n) is 8.52. The molecule has 1 saturated heterocycles. The van der Waals surface area contributed by atoms with Crippen LogP contribution in [0.1, 0.15) is 26.6 Å². The van der Waals surface area contributed by atoms with Crippen molar-refractivity contribution in [2.75, 3.05) is 48.8 Å². The van der Waals surface area contributed by atoms with E-state index in [-0.39, 0.29) is 5.41 Å². The Bertz CT molecular complexity index is 967. The fraction of sp³-hybridized carbons (Fsp3) is 0.526. The molecule has 3 aromatic rings. The normalized spacial score (nSPS) is 15.0. The molecule has 4 heterocycles. The van der Waals surface area contributed by atoms with Crippen LogP contribution in [0.3, 0.4) is 0 Å². The molecule has 0 amide bonds. The molecule has 0 saturated carbocycles. The molecule has 0 atom stereocenters. The summed E-state index contributed by atoms with van der Waals surface area (Å²) in [5.41, 5.74) is 0.679. The summed E-state index contributed by atoms with van der Waals surface area (Å²) in [5, 5.41) is 16.7. The maximum atomic E-state index is 4.77. The Labute approximate surface area is 164 Å². The SMILES string of the molecule is CN(C)c1ccnc(NCC2CN(c3ccc4nnc(C(C)(C)C)n4n3)C2)n1. The smallest absolute Gasteiger partial charge is 0.224 e. The molecule has 0 spiro atoms. The van der Waals surface area contributed by atoms with E-state index in [0.29, 0.717) is 11.9 Å². The van der Waals surface area contributed by atoms with Gasteiger partial charge < -0.3 is 15.1 Å². The standard InChI is InChI=1S/C19H27N9/c1-19(2,3)17-24-23-15-6-7-16(25-28(15)17)27-11-13(12-27)10-21-18-20-9-8-14(22-18)26(4)5/h6-9,13H,10-12H2,1-5H3,(H,20,21,22). The van der Waals surface area contributed by atoms with Gasteiger partial charge in [-0.1, -0.05) is 20.8 Å². The summed E-state index contributed by atoms with van der Waals surface area (Å²) in [6.07, 6.45) is 1.78. The monoisotopic (exact) mass is 381 g/mol. The number of hydrogen-bond acceptors (Lipinski definition) is 8. The summed E-state index contributed by atoms with van der Waals surface area (Å²) < 4.78 is 1.86. The molecule has 0 radical (unpaired) electrons. The fourth-order valence-electron chi connectivity index (χ4n) is 3.22. The molecule has 1 aliphatic heterocycles. The predicted molar refractivity (Wildman–Crippen MR) is 110 cm³/mol. The molecule has 28 heavy (non-hydrogen) atoms. The number of fused-ring (bicyclic) bond motifs is 1. The maximum absolute atomic E-state index is 4.77. The second kappa shape index (κ2) is 6.88. The Morgan fingerprint density at radius 1 is 1.14 bits per heavy atom. The van der Waals surface area contributed by atoms with E-state index >= 15 is 0 Å². The van der Waals surface area contributed by atoms with E-state index in [1.54, 1.807) is 6.20 Å². The Morgan fingerprint density at radius 2 is 1.93 bits per heavy atom. The van der Waals surface area contributed by atoms with Gasteiger partial charge in [0, 0.05) is 51.3 Å². The van der Waals surface area contributed by atoms with Crippen molar-refractivity contribution in [2.24, 2.45) is 5.92 Å². The first-order chi connectivity index (χ1) is 13.3. The Hall–Kier alpha value is -2.97. The lowest BCUT2D eigenvalue weighted by molar-refractivity contribution is 0.423. The topological polar surface area (TPSA) is 87.4 Å². The molecule has 9 heteroatoms. The average Bonchev–Trinajstić information content (AvgIpc) is 3.04. The number of anilines is 3. The third-order valence-electron chi connectivity index (χ3n) is 4.85. The molecule has 0 aliphatic carbocycles. The Kier molecular flexibility index (Phi) is 4.52. The highest BCUT2D eigenvalue weighted by molar-refractivity contribution is 5.48. The third kappa shape index (κ3) is 3.56. The number of nitrogens with one attached hydrogen (secondary N) is 1. The van der Waals surface area contributed by atoms with Gasteiger partial charge in [-0.25, -0.2) is 4.98 Å². The average molecular weight is 381 g/mol. The van der Waals surface area contributed by atoms with Crippen LogP contribution in [0, 0.1) is 5.92 Å². The second-order valence-corrected chi connectivity index (χ2v) is 8.52. The Morgan fingerprint density at radius 3 is 2.64 bits per heavy atom. The molecule has 0 unspecified atom stereocenters. The van der Waals surface area contributed by atoms with E-state index < -0.39 is 0 Å². The van der Waals surface area contributed by atoms with Gasteiger partial charge in [0.15, 0.2) is 11.5 Å². The van der Waals surface area contributed by atoms with E-state index in [9.17, 15) is 0 Å². The molecule has 1 N–H and O–H groups in total. The van der Waals surface area contributed by atoms with Crippen LogP contribution < -0.4 is 15.1 Å². The van der Waals surface area contributed by atoms with E-state index in [2.05, 4.69) is 51.2 Å². The number of aromatic nitrogens is 6. The summed E-state index contributed by atoms with van der Waals surface area (Å²) >= 11 is 0. The van der Waals surface area contributed by atoms with E-state index in [1.807, 2.05) is 41.7 Å². The molecular formula is C19H27N9. The zero-order chi connectivity index (χ0) is 19.9. The Balaban J connectivity index is 1.38. The third-order valence-corrected chi connectivity index (χ3v) is 4.85. The van der Waals surface area contributed by atoms with Gasteiger partial charge in [0.05, 0.1) is 0 Å². The summed E-state index contributed by atoms with van der Waals surface area (Å²) in [6, 6.07) is 5.90. The van der Waals surface area contributed by atoms with Crippen molar-refractivity contribution in [3.63, 3.8) is 0 Å². The molecule has 148 valence electrons. The molecule has 0 aromatic carbocycles. The number of nitrogens with zero attached hydrogens (tertiary/aromatic N) is 8. The maximum Gasteiger partial charge on any atom is 0.224 e. The highest BCUT2D eigenvalue weighted by Crippen LogP contribution is 2.25. The van der Waals surface area contributed by atoms with E-state index in [0.717, 1.165) is 42.7 Å². The van der Waals surface area contributed by atoms with Gasteiger partial charge in [-0.3, -0.25) is 0 Å². The molecule has 3 aromatic heterocycles. The highest BCUT2D eigenvalue weighted by atomic mass is 15.4. The van der Waals surface area contributed by atoms with Crippen molar-refractivity contribution in [3.05, 3.63) is 30.2 Å². The van der Waals surface area contributed by atoms with Gasteiger partial charge in [0.2, 0.25) is 5.95 Å². The fourth-order valence-corrected chi connectivity index (χ4v) is 3.22. The van der Waals surface area contributed by atoms with Crippen molar-refractivity contribution in [1.29, 1.82) is 0 Å². The van der Waals surface area contributed by atoms with Gasteiger partial charge in [-0.15, -0.1) is 15.3 Å². The first-order valence-corrected chi connectivity index (χ1v) is 9.53. The lowest BCUT2D eigenvalue weighted by Crippen LogP contribution is -2.50. The van der Waals surface area contributed by atoms with Crippen molar-refractivity contribution in [1.82, 2.24) is 29.8 Å². The van der Waals surface area contributed by atoms with Crippen LogP contribution in [0.15, 0.2) is 24.4 Å². The molecule has 1 fully saturated rings. The van der Waals surface area contributed by atoms with Crippen LogP contribution in [-0.4, -0.2) is 63.5 Å². The van der Waals surface area contributed by atoms with Gasteiger partial charge in [0.1, 0.15) is 11.6 Å². The van der Waals surface area contributed by atoms with Crippen molar-refractivity contribution < 1.29 is 0 Å². The van der Waals surface area contributed by atoms with Crippen molar-refractivity contribution in [2.45, 2.75) is 26.2 Å². The van der Waals surface area contributed by atoms with E-state index in [4.69, 9.17) is 5.10 Å². The zero-order valence-electron chi connectivity index (χ0n) is 17.1. The highest BCUT2D eigenvalue weighted by Gasteiger charge is 2.29. The molecule has 1 aliphatic rings. The minimum Gasteiger partial charge on any atom is -0.363 e. The minimum absolute atomic E-state index is 0.104. The van der Waals surface area contributed by atoms with Gasteiger partial charge >= 0.3 is 0 Å². The van der Waals surface area contributed by atoms with Crippen LogP contribution in [0.4, 0.5) is 17.6 Å². The first-order valence-electron chi connectivity index (χ1n) is 9.53. The quantitative estimate of drug-likeness (QED) is 0.716. The van der Waals surface area contributed by atoms with Crippen LogP contribution in [0.25, 0.3) is 5.65 Å². The number of rotatable bonds is 5. The molecular weight excluding hydrogens is 354 g/mol. The van der Waals surface area contributed by atoms with Gasteiger partial charge in [-0.05, 0) is 18.2 Å². The largest absolute Gasteiger partial charge is 0.363 e. The van der Waals surface area contributed by atoms with Gasteiger partial charge in [-0.2, -0.15) is 9.50 Å². The minimum atomic E-state index is -0.104. The first kappa shape index (κ1) is 18.4. The predicted octanol–water partition coefficient (Wildman–Crippen LogP) is 1.83.